The van der Waals surface area contributed by atoms with Crippen LogP contribution in [0.25, 0.3) is 0 Å². The monoisotopic (exact) mass is 366 g/mol. The lowest BCUT2D eigenvalue weighted by molar-refractivity contribution is -0.0239. The van der Waals surface area contributed by atoms with E-state index in [1.807, 2.05) is 0 Å². The Bertz CT molecular complexity index is 614. The van der Waals surface area contributed by atoms with Crippen LogP contribution in [-0.2, 0) is 11.3 Å². The fraction of sp³-hybridized carbons (Fsp3) is 0.737. The molecule has 0 spiro atoms. The minimum Gasteiger partial charge on any atom is -0.490 e. The molecule has 2 saturated heterocycles. The highest BCUT2D eigenvalue weighted by Gasteiger charge is 2.33. The van der Waals surface area contributed by atoms with E-state index in [2.05, 4.69) is 9.80 Å². The van der Waals surface area contributed by atoms with Crippen LogP contribution >= 0.6 is 0 Å². The number of hydrogen-bond acceptors (Lipinski definition) is 7. The molecule has 0 aliphatic carbocycles. The van der Waals surface area contributed by atoms with Crippen molar-refractivity contribution in [3.63, 3.8) is 0 Å². The van der Waals surface area contributed by atoms with Crippen LogP contribution in [0.3, 0.4) is 0 Å². The average Bonchev–Trinajstić information content (AvgIpc) is 2.67. The Hall–Kier alpha value is -1.41. The molecule has 7 heteroatoms. The van der Waals surface area contributed by atoms with E-state index in [1.165, 1.54) is 19.4 Å². The second-order valence-corrected chi connectivity index (χ2v) is 7.14. The summed E-state index contributed by atoms with van der Waals surface area (Å²) in [5.74, 6) is 1.42. The van der Waals surface area contributed by atoms with E-state index in [0.717, 1.165) is 58.7 Å². The van der Waals surface area contributed by atoms with Crippen molar-refractivity contribution in [3.8, 4) is 5.75 Å². The zero-order chi connectivity index (χ0) is 18.4. The summed E-state index contributed by atoms with van der Waals surface area (Å²) in [4.78, 5) is 16.8. The van der Waals surface area contributed by atoms with E-state index in [4.69, 9.17) is 13.9 Å². The number of likely N-dealkylation sites (tertiary alicyclic amines) is 1. The van der Waals surface area contributed by atoms with Gasteiger partial charge in [-0.25, -0.2) is 0 Å². The first-order valence-corrected chi connectivity index (χ1v) is 9.52. The number of aliphatic hydroxyl groups is 1. The zero-order valence-corrected chi connectivity index (χ0v) is 15.6. The Morgan fingerprint density at radius 3 is 2.81 bits per heavy atom. The van der Waals surface area contributed by atoms with Crippen molar-refractivity contribution in [2.24, 2.45) is 5.92 Å². The van der Waals surface area contributed by atoms with Crippen LogP contribution in [0.1, 0.15) is 25.0 Å². The van der Waals surface area contributed by atoms with Gasteiger partial charge in [0.1, 0.15) is 12.0 Å². The summed E-state index contributed by atoms with van der Waals surface area (Å²) in [5.41, 5.74) is -0.145. The highest BCUT2D eigenvalue weighted by atomic mass is 16.5. The predicted octanol–water partition coefficient (Wildman–Crippen LogP) is 0.944. The number of piperidine rings is 1. The molecule has 26 heavy (non-hydrogen) atoms. The van der Waals surface area contributed by atoms with Gasteiger partial charge in [-0.1, -0.05) is 0 Å². The molecule has 0 saturated carbocycles. The van der Waals surface area contributed by atoms with Crippen molar-refractivity contribution in [2.45, 2.75) is 31.8 Å². The molecule has 1 aromatic rings. The number of aliphatic hydroxyl groups excluding tert-OH is 1. The Morgan fingerprint density at radius 2 is 2.12 bits per heavy atom. The van der Waals surface area contributed by atoms with Gasteiger partial charge in [0.15, 0.2) is 0 Å². The van der Waals surface area contributed by atoms with Crippen molar-refractivity contribution in [3.05, 3.63) is 28.3 Å². The van der Waals surface area contributed by atoms with Gasteiger partial charge < -0.3 is 19.0 Å². The van der Waals surface area contributed by atoms with Gasteiger partial charge in [0.05, 0.1) is 26.9 Å². The third kappa shape index (κ3) is 4.85. The molecule has 146 valence electrons. The van der Waals surface area contributed by atoms with E-state index < -0.39 is 0 Å². The smallest absolute Gasteiger partial charge is 0.227 e. The molecule has 2 aliphatic heterocycles. The number of rotatable bonds is 7. The highest BCUT2D eigenvalue weighted by Crippen LogP contribution is 2.27. The number of morpholine rings is 1. The maximum atomic E-state index is 11.9. The van der Waals surface area contributed by atoms with Gasteiger partial charge >= 0.3 is 0 Å². The molecule has 7 nitrogen and oxygen atoms in total. The first-order chi connectivity index (χ1) is 12.7. The second kappa shape index (κ2) is 9.50. The maximum absolute atomic E-state index is 11.9. The van der Waals surface area contributed by atoms with E-state index in [9.17, 15) is 9.90 Å². The summed E-state index contributed by atoms with van der Waals surface area (Å²) in [6.45, 7) is 6.41. The van der Waals surface area contributed by atoms with Gasteiger partial charge in [-0.3, -0.25) is 14.6 Å². The van der Waals surface area contributed by atoms with Crippen LogP contribution in [0.4, 0.5) is 0 Å². The Kier molecular flexibility index (Phi) is 7.07. The molecule has 2 aliphatic rings. The van der Waals surface area contributed by atoms with Gasteiger partial charge in [0.2, 0.25) is 11.2 Å². The van der Waals surface area contributed by atoms with Crippen LogP contribution in [0, 0.1) is 5.92 Å². The largest absolute Gasteiger partial charge is 0.490 e. The Labute approximate surface area is 154 Å². The molecule has 2 atom stereocenters. The van der Waals surface area contributed by atoms with Gasteiger partial charge in [-0.05, 0) is 25.2 Å². The van der Waals surface area contributed by atoms with E-state index in [0.29, 0.717) is 24.3 Å². The lowest BCUT2D eigenvalue weighted by atomic mass is 9.86. The van der Waals surface area contributed by atoms with Crippen molar-refractivity contribution in [2.75, 3.05) is 53.1 Å². The minimum atomic E-state index is -0.145. The number of nitrogens with zero attached hydrogens (tertiary/aromatic N) is 2. The summed E-state index contributed by atoms with van der Waals surface area (Å²) >= 11 is 0. The predicted molar refractivity (Wildman–Crippen MR) is 97.4 cm³/mol. The molecule has 0 amide bonds. The van der Waals surface area contributed by atoms with E-state index in [1.54, 1.807) is 0 Å². The lowest BCUT2D eigenvalue weighted by Gasteiger charge is -2.45. The number of ether oxygens (including phenoxy) is 2. The van der Waals surface area contributed by atoms with Crippen molar-refractivity contribution < 1.29 is 19.0 Å². The fourth-order valence-electron chi connectivity index (χ4n) is 4.16. The maximum Gasteiger partial charge on any atom is 0.227 e. The first-order valence-electron chi connectivity index (χ1n) is 9.52. The van der Waals surface area contributed by atoms with Gasteiger partial charge in [0, 0.05) is 44.9 Å². The van der Waals surface area contributed by atoms with Crippen LogP contribution in [0.15, 0.2) is 21.5 Å². The van der Waals surface area contributed by atoms with Crippen LogP contribution in [0.5, 0.6) is 5.75 Å². The van der Waals surface area contributed by atoms with E-state index in [-0.39, 0.29) is 17.8 Å². The quantitative estimate of drug-likeness (QED) is 0.770. The van der Waals surface area contributed by atoms with Crippen LogP contribution < -0.4 is 10.2 Å². The SMILES string of the molecule is COc1coc(CN2CCC(N3CCOCC3)C(CCCO)C2)cc1=O. The Balaban J connectivity index is 1.63. The van der Waals surface area contributed by atoms with Gasteiger partial charge in [0.25, 0.3) is 0 Å². The molecule has 2 fully saturated rings. The van der Waals surface area contributed by atoms with Gasteiger partial charge in [-0.15, -0.1) is 0 Å². The third-order valence-corrected chi connectivity index (χ3v) is 5.48. The molecule has 3 heterocycles. The molecule has 3 rings (SSSR count). The molecule has 0 bridgehead atoms. The number of methoxy groups -OCH3 is 1. The standard InChI is InChI=1S/C19H30N2O5/c1-24-19-14-26-16(11-18(19)23)13-20-5-4-17(15(12-20)3-2-8-22)21-6-9-25-10-7-21/h11,14-15,17,22H,2-10,12-13H2,1H3. The Morgan fingerprint density at radius 1 is 1.31 bits per heavy atom. The molecular formula is C19H30N2O5. The van der Waals surface area contributed by atoms with Gasteiger partial charge in [-0.2, -0.15) is 0 Å². The van der Waals surface area contributed by atoms with Crippen molar-refractivity contribution >= 4 is 0 Å². The lowest BCUT2D eigenvalue weighted by Crippen LogP contribution is -2.53. The van der Waals surface area contributed by atoms with E-state index >= 15 is 0 Å². The summed E-state index contributed by atoms with van der Waals surface area (Å²) in [6.07, 6.45) is 4.33. The van der Waals surface area contributed by atoms with Crippen molar-refractivity contribution in [1.29, 1.82) is 0 Å². The molecule has 1 aromatic heterocycles. The summed E-state index contributed by atoms with van der Waals surface area (Å²) in [5, 5.41) is 9.27. The molecule has 2 unspecified atom stereocenters. The van der Waals surface area contributed by atoms with Crippen LogP contribution in [-0.4, -0.2) is 74.1 Å². The normalized spacial score (nSPS) is 25.3. The first kappa shape index (κ1) is 19.4. The second-order valence-electron chi connectivity index (χ2n) is 7.14. The molecule has 0 radical (unpaired) electrons. The topological polar surface area (TPSA) is 75.4 Å². The average molecular weight is 366 g/mol. The summed E-state index contributed by atoms with van der Waals surface area (Å²) < 4.78 is 16.0. The third-order valence-electron chi connectivity index (χ3n) is 5.48. The fourth-order valence-corrected chi connectivity index (χ4v) is 4.16. The summed E-state index contributed by atoms with van der Waals surface area (Å²) in [6, 6.07) is 2.07. The highest BCUT2D eigenvalue weighted by molar-refractivity contribution is 5.17. The molecule has 1 N–H and O–H groups in total. The minimum absolute atomic E-state index is 0.145. The summed E-state index contributed by atoms with van der Waals surface area (Å²) in [7, 11) is 1.47. The van der Waals surface area contributed by atoms with Crippen molar-refractivity contribution in [1.82, 2.24) is 9.80 Å². The molecule has 0 aromatic carbocycles. The van der Waals surface area contributed by atoms with Crippen LogP contribution in [0.2, 0.25) is 0 Å². The zero-order valence-electron chi connectivity index (χ0n) is 15.6. The number of hydrogen-bond donors (Lipinski definition) is 1. The molecular weight excluding hydrogens is 336 g/mol.